The summed E-state index contributed by atoms with van der Waals surface area (Å²) in [6.07, 6.45) is 3.29. The van der Waals surface area contributed by atoms with Crippen molar-refractivity contribution in [3.63, 3.8) is 0 Å². The number of ether oxygens (including phenoxy) is 1. The van der Waals surface area contributed by atoms with Crippen molar-refractivity contribution in [2.24, 2.45) is 0 Å². The van der Waals surface area contributed by atoms with Crippen LogP contribution < -0.4 is 0 Å². The van der Waals surface area contributed by atoms with E-state index in [0.29, 0.717) is 17.2 Å². The Morgan fingerprint density at radius 1 is 1.48 bits per heavy atom. The maximum absolute atomic E-state index is 11.3. The van der Waals surface area contributed by atoms with E-state index in [2.05, 4.69) is 32.9 Å². The fourth-order valence-corrected chi connectivity index (χ4v) is 2.30. The average Bonchev–Trinajstić information content (AvgIpc) is 2.85. The molecule has 0 aliphatic carbocycles. The van der Waals surface area contributed by atoms with Crippen molar-refractivity contribution in [2.45, 2.75) is 13.5 Å². The standard InChI is InChI=1S/C15H12BrClN2O2/c1-2-21-15(20)10-19-9-11(8-18-19)3-4-12-5-6-13(16)7-14(12)17/h5-9H,2,10H2,1H3. The fraction of sp³-hybridized carbons (Fsp3) is 0.200. The first kappa shape index (κ1) is 15.6. The average molecular weight is 368 g/mol. The number of esters is 1. The third-order valence-corrected chi connectivity index (χ3v) is 3.31. The number of carbonyl (C=O) groups is 1. The van der Waals surface area contributed by atoms with Gasteiger partial charge >= 0.3 is 5.97 Å². The first-order valence-electron chi connectivity index (χ1n) is 6.23. The molecule has 2 rings (SSSR count). The summed E-state index contributed by atoms with van der Waals surface area (Å²) in [6.45, 7) is 2.20. The van der Waals surface area contributed by atoms with Crippen molar-refractivity contribution in [2.75, 3.05) is 6.61 Å². The van der Waals surface area contributed by atoms with Crippen LogP contribution in [-0.4, -0.2) is 22.4 Å². The highest BCUT2D eigenvalue weighted by molar-refractivity contribution is 9.10. The lowest BCUT2D eigenvalue weighted by Crippen LogP contribution is -2.13. The predicted octanol–water partition coefficient (Wildman–Crippen LogP) is 3.26. The van der Waals surface area contributed by atoms with Gasteiger partial charge in [0.15, 0.2) is 0 Å². The molecule has 1 aromatic carbocycles. The van der Waals surface area contributed by atoms with E-state index in [1.54, 1.807) is 25.4 Å². The molecule has 0 aliphatic heterocycles. The second-order valence-electron chi connectivity index (χ2n) is 4.11. The van der Waals surface area contributed by atoms with Crippen LogP contribution in [0.5, 0.6) is 0 Å². The Balaban J connectivity index is 2.09. The number of halogens is 2. The van der Waals surface area contributed by atoms with Crippen molar-refractivity contribution in [1.82, 2.24) is 9.78 Å². The largest absolute Gasteiger partial charge is 0.465 e. The minimum atomic E-state index is -0.323. The van der Waals surface area contributed by atoms with Gasteiger partial charge in [0, 0.05) is 16.2 Å². The van der Waals surface area contributed by atoms with Gasteiger partial charge < -0.3 is 4.74 Å². The van der Waals surface area contributed by atoms with E-state index in [0.717, 1.165) is 10.0 Å². The van der Waals surface area contributed by atoms with Gasteiger partial charge in [-0.1, -0.05) is 39.4 Å². The van der Waals surface area contributed by atoms with Crippen LogP contribution in [0.3, 0.4) is 0 Å². The quantitative estimate of drug-likeness (QED) is 0.618. The van der Waals surface area contributed by atoms with Crippen molar-refractivity contribution in [3.05, 3.63) is 51.2 Å². The Morgan fingerprint density at radius 3 is 3.00 bits per heavy atom. The molecule has 0 aliphatic rings. The van der Waals surface area contributed by atoms with E-state index >= 15 is 0 Å². The summed E-state index contributed by atoms with van der Waals surface area (Å²) in [5, 5.41) is 4.64. The minimum absolute atomic E-state index is 0.0779. The number of hydrogen-bond donors (Lipinski definition) is 0. The maximum atomic E-state index is 11.3. The number of rotatable bonds is 3. The van der Waals surface area contributed by atoms with Gasteiger partial charge in [0.2, 0.25) is 0 Å². The third kappa shape index (κ3) is 4.62. The summed E-state index contributed by atoms with van der Waals surface area (Å²) >= 11 is 9.43. The third-order valence-electron chi connectivity index (χ3n) is 2.50. The Bertz CT molecular complexity index is 716. The molecule has 0 amide bonds. The molecule has 108 valence electrons. The summed E-state index contributed by atoms with van der Waals surface area (Å²) in [5.41, 5.74) is 1.44. The zero-order valence-corrected chi connectivity index (χ0v) is 13.6. The SMILES string of the molecule is CCOC(=O)Cn1cc(C#Cc2ccc(Br)cc2Cl)cn1. The number of aromatic nitrogens is 2. The fourth-order valence-electron chi connectivity index (χ4n) is 1.58. The molecule has 1 heterocycles. The zero-order valence-electron chi connectivity index (χ0n) is 11.3. The number of benzene rings is 1. The molecule has 4 nitrogen and oxygen atoms in total. The monoisotopic (exact) mass is 366 g/mol. The molecular formula is C15H12BrClN2O2. The van der Waals surface area contributed by atoms with E-state index in [9.17, 15) is 4.79 Å². The van der Waals surface area contributed by atoms with Gasteiger partial charge in [0.05, 0.1) is 23.4 Å². The molecule has 0 spiro atoms. The highest BCUT2D eigenvalue weighted by Crippen LogP contribution is 2.20. The maximum Gasteiger partial charge on any atom is 0.327 e. The summed E-state index contributed by atoms with van der Waals surface area (Å²) in [6, 6.07) is 5.50. The number of nitrogens with zero attached hydrogens (tertiary/aromatic N) is 2. The first-order valence-corrected chi connectivity index (χ1v) is 7.40. The Morgan fingerprint density at radius 2 is 2.29 bits per heavy atom. The zero-order chi connectivity index (χ0) is 15.2. The predicted molar refractivity (Wildman–Crippen MR) is 84.0 cm³/mol. The lowest BCUT2D eigenvalue weighted by atomic mass is 10.2. The van der Waals surface area contributed by atoms with Crippen LogP contribution in [0, 0.1) is 11.8 Å². The van der Waals surface area contributed by atoms with E-state index in [1.165, 1.54) is 4.68 Å². The molecule has 0 saturated carbocycles. The topological polar surface area (TPSA) is 44.1 Å². The van der Waals surface area contributed by atoms with Gasteiger partial charge in [0.25, 0.3) is 0 Å². The van der Waals surface area contributed by atoms with Gasteiger partial charge in [-0.05, 0) is 25.1 Å². The van der Waals surface area contributed by atoms with Crippen molar-refractivity contribution in [1.29, 1.82) is 0 Å². The van der Waals surface area contributed by atoms with Crippen LogP contribution in [-0.2, 0) is 16.1 Å². The number of hydrogen-bond acceptors (Lipinski definition) is 3. The van der Waals surface area contributed by atoms with E-state index in [-0.39, 0.29) is 12.5 Å². The molecule has 21 heavy (non-hydrogen) atoms. The van der Waals surface area contributed by atoms with E-state index in [4.69, 9.17) is 16.3 Å². The van der Waals surface area contributed by atoms with Crippen LogP contribution in [0.25, 0.3) is 0 Å². The summed E-state index contributed by atoms with van der Waals surface area (Å²) in [7, 11) is 0. The van der Waals surface area contributed by atoms with Gasteiger partial charge in [-0.2, -0.15) is 5.10 Å². The Kier molecular flexibility index (Phi) is 5.43. The smallest absolute Gasteiger partial charge is 0.327 e. The van der Waals surface area contributed by atoms with Crippen LogP contribution in [0.1, 0.15) is 18.1 Å². The molecule has 0 atom stereocenters. The lowest BCUT2D eigenvalue weighted by Gasteiger charge is -2.00. The molecular weight excluding hydrogens is 356 g/mol. The molecule has 1 aromatic heterocycles. The Hall–Kier alpha value is -1.77. The van der Waals surface area contributed by atoms with E-state index < -0.39 is 0 Å². The van der Waals surface area contributed by atoms with Crippen molar-refractivity contribution in [3.8, 4) is 11.8 Å². The second-order valence-corrected chi connectivity index (χ2v) is 5.43. The number of carbonyl (C=O) groups excluding carboxylic acids is 1. The summed E-state index contributed by atoms with van der Waals surface area (Å²) in [4.78, 5) is 11.3. The molecule has 6 heteroatoms. The second kappa shape index (κ2) is 7.30. The molecule has 0 bridgehead atoms. The van der Waals surface area contributed by atoms with Gasteiger partial charge in [-0.25, -0.2) is 0 Å². The molecule has 0 fully saturated rings. The highest BCUT2D eigenvalue weighted by atomic mass is 79.9. The molecule has 0 N–H and O–H groups in total. The molecule has 0 radical (unpaired) electrons. The van der Waals surface area contributed by atoms with Gasteiger partial charge in [-0.3, -0.25) is 9.48 Å². The lowest BCUT2D eigenvalue weighted by molar-refractivity contribution is -0.144. The summed E-state index contributed by atoms with van der Waals surface area (Å²) < 4.78 is 7.25. The van der Waals surface area contributed by atoms with Crippen molar-refractivity contribution < 1.29 is 9.53 Å². The van der Waals surface area contributed by atoms with Crippen LogP contribution in [0.15, 0.2) is 35.1 Å². The van der Waals surface area contributed by atoms with Gasteiger partial charge in [0.1, 0.15) is 6.54 Å². The van der Waals surface area contributed by atoms with Crippen molar-refractivity contribution >= 4 is 33.5 Å². The van der Waals surface area contributed by atoms with Gasteiger partial charge in [-0.15, -0.1) is 0 Å². The highest BCUT2D eigenvalue weighted by Gasteiger charge is 2.04. The Labute approximate surface area is 136 Å². The van der Waals surface area contributed by atoms with Crippen LogP contribution in [0.4, 0.5) is 0 Å². The minimum Gasteiger partial charge on any atom is -0.465 e. The molecule has 2 aromatic rings. The summed E-state index contributed by atoms with van der Waals surface area (Å²) in [5.74, 6) is 5.61. The first-order chi connectivity index (χ1) is 10.1. The van der Waals surface area contributed by atoms with Crippen LogP contribution >= 0.6 is 27.5 Å². The molecule has 0 unspecified atom stereocenters. The normalized spacial score (nSPS) is 9.86. The van der Waals surface area contributed by atoms with E-state index in [1.807, 2.05) is 12.1 Å². The molecule has 0 saturated heterocycles. The van der Waals surface area contributed by atoms with Crippen LogP contribution in [0.2, 0.25) is 5.02 Å².